The van der Waals surface area contributed by atoms with Crippen LogP contribution in [0.5, 0.6) is 0 Å². The van der Waals surface area contributed by atoms with Gasteiger partial charge in [-0.05, 0) is 17.9 Å². The number of hydrazine groups is 1. The molecule has 2 heterocycles. The van der Waals surface area contributed by atoms with Gasteiger partial charge in [-0.2, -0.15) is 0 Å². The Morgan fingerprint density at radius 3 is 2.89 bits per heavy atom. The second kappa shape index (κ2) is 4.53. The molecule has 98 valence electrons. The van der Waals surface area contributed by atoms with Crippen LogP contribution in [0, 0.1) is 11.2 Å². The molecular formula is C12H17FN4O. The first-order valence-corrected chi connectivity index (χ1v) is 5.85. The number of rotatable bonds is 2. The lowest BCUT2D eigenvalue weighted by Gasteiger charge is -2.20. The largest absolute Gasteiger partial charge is 0.338 e. The average Bonchev–Trinajstić information content (AvgIpc) is 2.69. The van der Waals surface area contributed by atoms with Crippen LogP contribution in [0.3, 0.4) is 0 Å². The molecule has 1 aliphatic heterocycles. The molecule has 6 heteroatoms. The number of anilines is 1. The molecule has 0 spiro atoms. The molecule has 0 atom stereocenters. The Morgan fingerprint density at radius 1 is 1.61 bits per heavy atom. The number of nitrogens with one attached hydrogen (secondary N) is 1. The maximum absolute atomic E-state index is 13.9. The zero-order valence-corrected chi connectivity index (χ0v) is 10.5. The maximum atomic E-state index is 13.9. The van der Waals surface area contributed by atoms with Crippen molar-refractivity contribution in [2.45, 2.75) is 20.3 Å². The summed E-state index contributed by atoms with van der Waals surface area (Å²) in [5.41, 5.74) is 2.24. The zero-order valence-electron chi connectivity index (χ0n) is 10.5. The van der Waals surface area contributed by atoms with Crippen molar-refractivity contribution in [3.8, 4) is 0 Å². The highest BCUT2D eigenvalue weighted by atomic mass is 19.1. The second-order valence-corrected chi connectivity index (χ2v) is 5.31. The van der Waals surface area contributed by atoms with Gasteiger partial charge in [0.15, 0.2) is 11.6 Å². The third kappa shape index (κ3) is 2.28. The van der Waals surface area contributed by atoms with Gasteiger partial charge in [0.1, 0.15) is 0 Å². The molecule has 0 saturated carbocycles. The number of carbonyl (C=O) groups excluding carboxylic acids is 1. The fourth-order valence-corrected chi connectivity index (χ4v) is 2.17. The average molecular weight is 252 g/mol. The fourth-order valence-electron chi connectivity index (χ4n) is 2.17. The Morgan fingerprint density at radius 2 is 2.33 bits per heavy atom. The molecule has 1 saturated heterocycles. The monoisotopic (exact) mass is 252 g/mol. The molecule has 2 rings (SSSR count). The molecule has 0 radical (unpaired) electrons. The normalized spacial score (nSPS) is 17.9. The van der Waals surface area contributed by atoms with Crippen LogP contribution in [0.25, 0.3) is 0 Å². The molecule has 3 N–H and O–H groups in total. The lowest BCUT2D eigenvalue weighted by molar-refractivity contribution is 0.0773. The number of nitrogens with two attached hydrogens (primary N) is 1. The highest BCUT2D eigenvalue weighted by molar-refractivity contribution is 5.95. The molecule has 1 aromatic heterocycles. The van der Waals surface area contributed by atoms with E-state index in [0.29, 0.717) is 13.1 Å². The lowest BCUT2D eigenvalue weighted by Crippen LogP contribution is -2.31. The summed E-state index contributed by atoms with van der Waals surface area (Å²) in [5.74, 6) is 4.02. The van der Waals surface area contributed by atoms with Crippen LogP contribution in [-0.4, -0.2) is 28.9 Å². The number of likely N-dealkylation sites (tertiary alicyclic amines) is 1. The van der Waals surface area contributed by atoms with Crippen molar-refractivity contribution < 1.29 is 9.18 Å². The topological polar surface area (TPSA) is 71.2 Å². The van der Waals surface area contributed by atoms with Crippen LogP contribution in [0.15, 0.2) is 12.3 Å². The molecular weight excluding hydrogens is 235 g/mol. The van der Waals surface area contributed by atoms with Gasteiger partial charge in [-0.25, -0.2) is 15.2 Å². The van der Waals surface area contributed by atoms with Crippen molar-refractivity contribution in [1.82, 2.24) is 9.88 Å². The summed E-state index contributed by atoms with van der Waals surface area (Å²) in [5, 5.41) is 0. The van der Waals surface area contributed by atoms with E-state index >= 15 is 0 Å². The Hall–Kier alpha value is -1.69. The first kappa shape index (κ1) is 12.8. The number of nitrogens with zero attached hydrogens (tertiary/aromatic N) is 2. The minimum absolute atomic E-state index is 0.00986. The van der Waals surface area contributed by atoms with Gasteiger partial charge >= 0.3 is 0 Å². The maximum Gasteiger partial charge on any atom is 0.257 e. The van der Waals surface area contributed by atoms with Gasteiger partial charge in [-0.15, -0.1) is 0 Å². The molecule has 0 aromatic carbocycles. The number of pyridine rings is 1. The van der Waals surface area contributed by atoms with E-state index in [1.54, 1.807) is 4.90 Å². The Bertz CT molecular complexity index is 475. The predicted molar refractivity (Wildman–Crippen MR) is 66.3 cm³/mol. The molecule has 1 aliphatic rings. The van der Waals surface area contributed by atoms with Crippen molar-refractivity contribution in [2.75, 3.05) is 18.5 Å². The van der Waals surface area contributed by atoms with E-state index < -0.39 is 5.82 Å². The van der Waals surface area contributed by atoms with Gasteiger partial charge in [-0.1, -0.05) is 13.8 Å². The van der Waals surface area contributed by atoms with Crippen LogP contribution in [-0.2, 0) is 0 Å². The SMILES string of the molecule is CC1(C)CCN(C(=O)c2ccnc(NN)c2F)C1. The molecule has 1 aromatic rings. The van der Waals surface area contributed by atoms with E-state index in [2.05, 4.69) is 24.3 Å². The van der Waals surface area contributed by atoms with Crippen molar-refractivity contribution in [1.29, 1.82) is 0 Å². The van der Waals surface area contributed by atoms with Gasteiger partial charge < -0.3 is 10.3 Å². The van der Waals surface area contributed by atoms with Crippen molar-refractivity contribution in [3.05, 3.63) is 23.6 Å². The summed E-state index contributed by atoms with van der Waals surface area (Å²) in [6, 6.07) is 1.38. The highest BCUT2D eigenvalue weighted by Gasteiger charge is 2.33. The fraction of sp³-hybridized carbons (Fsp3) is 0.500. The third-order valence-electron chi connectivity index (χ3n) is 3.22. The highest BCUT2D eigenvalue weighted by Crippen LogP contribution is 2.30. The summed E-state index contributed by atoms with van der Waals surface area (Å²) in [6.45, 7) is 5.48. The minimum atomic E-state index is -0.699. The number of hydrogen-bond donors (Lipinski definition) is 2. The van der Waals surface area contributed by atoms with Crippen LogP contribution >= 0.6 is 0 Å². The molecule has 1 amide bonds. The van der Waals surface area contributed by atoms with E-state index in [9.17, 15) is 9.18 Å². The molecule has 0 unspecified atom stereocenters. The second-order valence-electron chi connectivity index (χ2n) is 5.31. The molecule has 0 bridgehead atoms. The first-order valence-electron chi connectivity index (χ1n) is 5.85. The quantitative estimate of drug-likeness (QED) is 0.616. The molecule has 1 fully saturated rings. The number of amides is 1. The van der Waals surface area contributed by atoms with Crippen LogP contribution in [0.1, 0.15) is 30.6 Å². The minimum Gasteiger partial charge on any atom is -0.338 e. The van der Waals surface area contributed by atoms with Crippen molar-refractivity contribution >= 4 is 11.7 Å². The number of hydrogen-bond acceptors (Lipinski definition) is 4. The van der Waals surface area contributed by atoms with E-state index in [0.717, 1.165) is 6.42 Å². The molecule has 5 nitrogen and oxygen atoms in total. The van der Waals surface area contributed by atoms with E-state index in [-0.39, 0.29) is 22.7 Å². The van der Waals surface area contributed by atoms with Gasteiger partial charge in [0.2, 0.25) is 0 Å². The third-order valence-corrected chi connectivity index (χ3v) is 3.22. The lowest BCUT2D eigenvalue weighted by atomic mass is 9.93. The summed E-state index contributed by atoms with van der Waals surface area (Å²) >= 11 is 0. The summed E-state index contributed by atoms with van der Waals surface area (Å²) < 4.78 is 13.9. The Labute approximate surface area is 105 Å². The van der Waals surface area contributed by atoms with Gasteiger partial charge in [0.25, 0.3) is 5.91 Å². The summed E-state index contributed by atoms with van der Waals surface area (Å²) in [4.78, 5) is 17.6. The summed E-state index contributed by atoms with van der Waals surface area (Å²) in [6.07, 6.45) is 2.29. The number of carbonyl (C=O) groups is 1. The van der Waals surface area contributed by atoms with E-state index in [1.807, 2.05) is 0 Å². The summed E-state index contributed by atoms with van der Waals surface area (Å²) in [7, 11) is 0. The first-order chi connectivity index (χ1) is 8.44. The van der Waals surface area contributed by atoms with E-state index in [4.69, 9.17) is 5.84 Å². The van der Waals surface area contributed by atoms with Crippen LogP contribution < -0.4 is 11.3 Å². The van der Waals surface area contributed by atoms with Gasteiger partial charge in [0, 0.05) is 19.3 Å². The standard InChI is InChI=1S/C12H17FN4O/c1-12(2)4-6-17(7-12)11(18)8-3-5-15-10(16-14)9(8)13/h3,5H,4,6-7,14H2,1-2H3,(H,15,16). The molecule has 0 aliphatic carbocycles. The predicted octanol–water partition coefficient (Wildman–Crippen LogP) is 1.38. The molecule has 18 heavy (non-hydrogen) atoms. The smallest absolute Gasteiger partial charge is 0.257 e. The van der Waals surface area contributed by atoms with Crippen LogP contribution in [0.4, 0.5) is 10.2 Å². The number of halogens is 1. The van der Waals surface area contributed by atoms with Crippen molar-refractivity contribution in [3.63, 3.8) is 0 Å². The van der Waals surface area contributed by atoms with Crippen molar-refractivity contribution in [2.24, 2.45) is 11.3 Å². The van der Waals surface area contributed by atoms with E-state index in [1.165, 1.54) is 12.3 Å². The van der Waals surface area contributed by atoms with Crippen LogP contribution in [0.2, 0.25) is 0 Å². The van der Waals surface area contributed by atoms with Gasteiger partial charge in [0.05, 0.1) is 5.56 Å². The van der Waals surface area contributed by atoms with Gasteiger partial charge in [-0.3, -0.25) is 4.79 Å². The number of aromatic nitrogens is 1. The number of nitrogen functional groups attached to an aromatic ring is 1. The Balaban J connectivity index is 2.25. The Kier molecular flexibility index (Phi) is 3.21. The zero-order chi connectivity index (χ0) is 13.3.